The Bertz CT molecular complexity index is 562. The molecule has 0 aliphatic carbocycles. The van der Waals surface area contributed by atoms with E-state index in [-0.39, 0.29) is 0 Å². The van der Waals surface area contributed by atoms with Gasteiger partial charge in [0.1, 0.15) is 0 Å². The molecule has 3 rings (SSSR count). The molecular weight excluding hydrogens is 254 g/mol. The second-order valence-corrected chi connectivity index (χ2v) is 5.76. The normalized spacial score (nSPS) is 15.8. The molecule has 0 atom stereocenters. The average molecular weight is 271 g/mol. The van der Waals surface area contributed by atoms with Crippen LogP contribution in [0, 0.1) is 0 Å². The summed E-state index contributed by atoms with van der Waals surface area (Å²) in [5.74, 6) is 0.298. The zero-order chi connectivity index (χ0) is 13.1. The molecule has 1 saturated heterocycles. The standard InChI is InChI=1S/C16H17NOS/c18-16-6-1-2-8-17(16)11-13-4-3-5-14(10-13)15-7-9-19-12-15/h3-5,7,9-10,12H,1-2,6,8,11H2. The molecule has 0 unspecified atom stereocenters. The molecule has 0 radical (unpaired) electrons. The van der Waals surface area contributed by atoms with Crippen molar-refractivity contribution < 1.29 is 4.79 Å². The van der Waals surface area contributed by atoms with Crippen molar-refractivity contribution in [1.29, 1.82) is 0 Å². The summed E-state index contributed by atoms with van der Waals surface area (Å²) in [5.41, 5.74) is 3.72. The Morgan fingerprint density at radius 1 is 1.16 bits per heavy atom. The van der Waals surface area contributed by atoms with Crippen molar-refractivity contribution in [3.8, 4) is 11.1 Å². The lowest BCUT2D eigenvalue weighted by atomic mass is 10.0. The minimum absolute atomic E-state index is 0.298. The predicted octanol–water partition coefficient (Wildman–Crippen LogP) is 3.93. The van der Waals surface area contributed by atoms with Gasteiger partial charge in [-0.1, -0.05) is 18.2 Å². The molecule has 2 nitrogen and oxygen atoms in total. The van der Waals surface area contributed by atoms with Crippen molar-refractivity contribution >= 4 is 17.2 Å². The van der Waals surface area contributed by atoms with Gasteiger partial charge in [-0.2, -0.15) is 11.3 Å². The first kappa shape index (κ1) is 12.4. The summed E-state index contributed by atoms with van der Waals surface area (Å²) in [6.45, 7) is 1.65. The maximum absolute atomic E-state index is 11.8. The van der Waals surface area contributed by atoms with Crippen molar-refractivity contribution in [1.82, 2.24) is 4.90 Å². The SMILES string of the molecule is O=C1CCCCN1Cc1cccc(-c2ccsc2)c1. The third-order valence-corrected chi connectivity index (χ3v) is 4.26. The van der Waals surface area contributed by atoms with E-state index in [0.717, 1.165) is 25.9 Å². The summed E-state index contributed by atoms with van der Waals surface area (Å²) >= 11 is 1.71. The van der Waals surface area contributed by atoms with Gasteiger partial charge in [0.05, 0.1) is 0 Å². The molecule has 0 N–H and O–H groups in total. The van der Waals surface area contributed by atoms with Crippen LogP contribution >= 0.6 is 11.3 Å². The Morgan fingerprint density at radius 3 is 2.89 bits per heavy atom. The van der Waals surface area contributed by atoms with Crippen molar-refractivity contribution in [2.24, 2.45) is 0 Å². The fraction of sp³-hybridized carbons (Fsp3) is 0.312. The van der Waals surface area contributed by atoms with Crippen molar-refractivity contribution in [3.05, 3.63) is 46.7 Å². The lowest BCUT2D eigenvalue weighted by Crippen LogP contribution is -2.34. The second-order valence-electron chi connectivity index (χ2n) is 4.98. The molecule has 1 amide bonds. The van der Waals surface area contributed by atoms with Gasteiger partial charge in [0, 0.05) is 19.5 Å². The first-order chi connectivity index (χ1) is 9.33. The van der Waals surface area contributed by atoms with E-state index in [4.69, 9.17) is 0 Å². The van der Waals surface area contributed by atoms with E-state index in [0.29, 0.717) is 12.3 Å². The number of thiophene rings is 1. The summed E-state index contributed by atoms with van der Waals surface area (Å²) in [6, 6.07) is 10.7. The van der Waals surface area contributed by atoms with Gasteiger partial charge < -0.3 is 4.90 Å². The topological polar surface area (TPSA) is 20.3 Å². The molecule has 0 saturated carbocycles. The van der Waals surface area contributed by atoms with Crippen molar-refractivity contribution in [2.75, 3.05) is 6.54 Å². The van der Waals surface area contributed by atoms with Gasteiger partial charge in [-0.15, -0.1) is 0 Å². The highest BCUT2D eigenvalue weighted by atomic mass is 32.1. The molecule has 1 fully saturated rings. The molecular formula is C16H17NOS. The van der Waals surface area contributed by atoms with Crippen LogP contribution in [0.25, 0.3) is 11.1 Å². The van der Waals surface area contributed by atoms with E-state index in [2.05, 4.69) is 41.1 Å². The number of benzene rings is 1. The van der Waals surface area contributed by atoms with E-state index >= 15 is 0 Å². The predicted molar refractivity (Wildman–Crippen MR) is 79.0 cm³/mol. The van der Waals surface area contributed by atoms with Crippen LogP contribution in [0.5, 0.6) is 0 Å². The zero-order valence-corrected chi connectivity index (χ0v) is 11.7. The summed E-state index contributed by atoms with van der Waals surface area (Å²) in [6.07, 6.45) is 2.89. The van der Waals surface area contributed by atoms with Crippen LogP contribution in [0.1, 0.15) is 24.8 Å². The third-order valence-electron chi connectivity index (χ3n) is 3.58. The van der Waals surface area contributed by atoms with Gasteiger partial charge >= 0.3 is 0 Å². The molecule has 1 aromatic heterocycles. The Hall–Kier alpha value is -1.61. The minimum Gasteiger partial charge on any atom is -0.338 e. The molecule has 19 heavy (non-hydrogen) atoms. The van der Waals surface area contributed by atoms with Crippen LogP contribution in [0.15, 0.2) is 41.1 Å². The van der Waals surface area contributed by atoms with Gasteiger partial charge in [-0.3, -0.25) is 4.79 Å². The highest BCUT2D eigenvalue weighted by Gasteiger charge is 2.17. The third kappa shape index (κ3) is 2.87. The molecule has 0 spiro atoms. The number of piperidine rings is 1. The fourth-order valence-electron chi connectivity index (χ4n) is 2.53. The Morgan fingerprint density at radius 2 is 2.11 bits per heavy atom. The van der Waals surface area contributed by atoms with Crippen molar-refractivity contribution in [2.45, 2.75) is 25.8 Å². The molecule has 3 heteroatoms. The molecule has 0 bridgehead atoms. The molecule has 2 aromatic rings. The van der Waals surface area contributed by atoms with Gasteiger partial charge in [-0.25, -0.2) is 0 Å². The number of amides is 1. The summed E-state index contributed by atoms with van der Waals surface area (Å²) < 4.78 is 0. The molecule has 98 valence electrons. The van der Waals surface area contributed by atoms with Crippen LogP contribution in [0.3, 0.4) is 0 Å². The molecule has 1 aliphatic rings. The van der Waals surface area contributed by atoms with Gasteiger partial charge in [0.15, 0.2) is 0 Å². The first-order valence-electron chi connectivity index (χ1n) is 6.72. The van der Waals surface area contributed by atoms with Crippen LogP contribution in [-0.2, 0) is 11.3 Å². The van der Waals surface area contributed by atoms with Crippen LogP contribution in [0.4, 0.5) is 0 Å². The van der Waals surface area contributed by atoms with E-state index in [1.807, 2.05) is 4.90 Å². The number of nitrogens with zero attached hydrogens (tertiary/aromatic N) is 1. The molecule has 2 heterocycles. The second kappa shape index (κ2) is 5.57. The van der Waals surface area contributed by atoms with E-state index in [1.54, 1.807) is 11.3 Å². The number of hydrogen-bond donors (Lipinski definition) is 0. The van der Waals surface area contributed by atoms with Gasteiger partial charge in [0.25, 0.3) is 0 Å². The lowest BCUT2D eigenvalue weighted by molar-refractivity contribution is -0.133. The Balaban J connectivity index is 1.78. The molecule has 1 aliphatic heterocycles. The monoisotopic (exact) mass is 271 g/mol. The number of likely N-dealkylation sites (tertiary alicyclic amines) is 1. The fourth-order valence-corrected chi connectivity index (χ4v) is 3.19. The van der Waals surface area contributed by atoms with E-state index in [1.165, 1.54) is 16.7 Å². The number of hydrogen-bond acceptors (Lipinski definition) is 2. The highest BCUT2D eigenvalue weighted by molar-refractivity contribution is 7.08. The van der Waals surface area contributed by atoms with E-state index in [9.17, 15) is 4.79 Å². The number of carbonyl (C=O) groups is 1. The largest absolute Gasteiger partial charge is 0.338 e. The summed E-state index contributed by atoms with van der Waals surface area (Å²) in [5, 5.41) is 4.25. The Kier molecular flexibility index (Phi) is 3.65. The summed E-state index contributed by atoms with van der Waals surface area (Å²) in [7, 11) is 0. The number of rotatable bonds is 3. The zero-order valence-electron chi connectivity index (χ0n) is 10.8. The molecule has 1 aromatic carbocycles. The highest BCUT2D eigenvalue weighted by Crippen LogP contribution is 2.24. The maximum Gasteiger partial charge on any atom is 0.222 e. The summed E-state index contributed by atoms with van der Waals surface area (Å²) in [4.78, 5) is 13.8. The van der Waals surface area contributed by atoms with Crippen molar-refractivity contribution in [3.63, 3.8) is 0 Å². The smallest absolute Gasteiger partial charge is 0.222 e. The number of carbonyl (C=O) groups excluding carboxylic acids is 1. The minimum atomic E-state index is 0.298. The first-order valence-corrected chi connectivity index (χ1v) is 7.66. The van der Waals surface area contributed by atoms with Crippen LogP contribution < -0.4 is 0 Å². The quantitative estimate of drug-likeness (QED) is 0.828. The van der Waals surface area contributed by atoms with Gasteiger partial charge in [0.2, 0.25) is 5.91 Å². The van der Waals surface area contributed by atoms with Crippen LogP contribution in [-0.4, -0.2) is 17.4 Å². The van der Waals surface area contributed by atoms with E-state index < -0.39 is 0 Å². The average Bonchev–Trinajstić information content (AvgIpc) is 2.96. The van der Waals surface area contributed by atoms with Gasteiger partial charge in [-0.05, 0) is 52.4 Å². The lowest BCUT2D eigenvalue weighted by Gasteiger charge is -2.26. The Labute approximate surface area is 117 Å². The van der Waals surface area contributed by atoms with Crippen LogP contribution in [0.2, 0.25) is 0 Å². The maximum atomic E-state index is 11.8.